The Morgan fingerprint density at radius 2 is 1.76 bits per heavy atom. The van der Waals surface area contributed by atoms with Gasteiger partial charge in [-0.25, -0.2) is 17.2 Å². The van der Waals surface area contributed by atoms with Gasteiger partial charge in [-0.1, -0.05) is 0 Å². The van der Waals surface area contributed by atoms with Crippen molar-refractivity contribution >= 4 is 10.0 Å². The van der Waals surface area contributed by atoms with Crippen LogP contribution >= 0.6 is 0 Å². The lowest BCUT2D eigenvalue weighted by molar-refractivity contribution is 0.255. The van der Waals surface area contributed by atoms with Crippen LogP contribution in [0.4, 0.5) is 8.78 Å². The number of rotatable bonds is 4. The molecular formula is C14H20F2N2O2S. The molecule has 0 unspecified atom stereocenters. The molecule has 0 atom stereocenters. The number of hydrogen-bond acceptors (Lipinski definition) is 3. The molecule has 2 rings (SSSR count). The molecule has 0 radical (unpaired) electrons. The van der Waals surface area contributed by atoms with Crippen LogP contribution in [0.25, 0.3) is 0 Å². The predicted molar refractivity (Wildman–Crippen MR) is 76.4 cm³/mol. The zero-order valence-electron chi connectivity index (χ0n) is 12.1. The molecule has 1 saturated carbocycles. The third-order valence-electron chi connectivity index (χ3n) is 4.19. The topological polar surface area (TPSA) is 49.4 Å². The van der Waals surface area contributed by atoms with Crippen molar-refractivity contribution in [1.29, 1.82) is 0 Å². The SMILES string of the molecule is CNC1CCC(N(C)S(=O)(=O)c2ccc(F)c(F)c2)CC1. The van der Waals surface area contributed by atoms with Crippen molar-refractivity contribution in [2.75, 3.05) is 14.1 Å². The summed E-state index contributed by atoms with van der Waals surface area (Å²) in [6.07, 6.45) is 3.31. The Kier molecular flexibility index (Phi) is 4.95. The van der Waals surface area contributed by atoms with Gasteiger partial charge in [0.15, 0.2) is 11.6 Å². The fourth-order valence-corrected chi connectivity index (χ4v) is 4.16. The molecule has 0 saturated heterocycles. The van der Waals surface area contributed by atoms with Gasteiger partial charge in [0.2, 0.25) is 10.0 Å². The van der Waals surface area contributed by atoms with Crippen LogP contribution in [-0.4, -0.2) is 38.9 Å². The van der Waals surface area contributed by atoms with E-state index in [0.717, 1.165) is 43.9 Å². The largest absolute Gasteiger partial charge is 0.317 e. The molecule has 1 aliphatic carbocycles. The minimum atomic E-state index is -3.80. The third-order valence-corrected chi connectivity index (χ3v) is 6.09. The second kappa shape index (κ2) is 6.37. The lowest BCUT2D eigenvalue weighted by atomic mass is 9.91. The van der Waals surface area contributed by atoms with Gasteiger partial charge in [-0.05, 0) is 50.9 Å². The maximum atomic E-state index is 13.2. The molecule has 1 fully saturated rings. The van der Waals surface area contributed by atoms with Gasteiger partial charge in [-0.15, -0.1) is 0 Å². The minimum absolute atomic E-state index is 0.104. The first-order valence-corrected chi connectivity index (χ1v) is 8.40. The maximum Gasteiger partial charge on any atom is 0.243 e. The van der Waals surface area contributed by atoms with E-state index in [2.05, 4.69) is 5.32 Å². The Morgan fingerprint density at radius 3 is 2.29 bits per heavy atom. The Bertz CT molecular complexity index is 599. The van der Waals surface area contributed by atoms with Gasteiger partial charge < -0.3 is 5.32 Å². The molecule has 4 nitrogen and oxygen atoms in total. The quantitative estimate of drug-likeness (QED) is 0.925. The number of sulfonamides is 1. The highest BCUT2D eigenvalue weighted by molar-refractivity contribution is 7.89. The van der Waals surface area contributed by atoms with Gasteiger partial charge >= 0.3 is 0 Å². The second-order valence-electron chi connectivity index (χ2n) is 5.39. The Labute approximate surface area is 124 Å². The molecule has 21 heavy (non-hydrogen) atoms. The van der Waals surface area contributed by atoms with Crippen molar-refractivity contribution in [3.8, 4) is 0 Å². The molecule has 1 aromatic carbocycles. The normalized spacial score (nSPS) is 23.5. The number of benzene rings is 1. The van der Waals surface area contributed by atoms with Crippen LogP contribution in [0.1, 0.15) is 25.7 Å². The van der Waals surface area contributed by atoms with E-state index in [1.807, 2.05) is 7.05 Å². The fourth-order valence-electron chi connectivity index (χ4n) is 2.73. The summed E-state index contributed by atoms with van der Waals surface area (Å²) in [7, 11) is -0.399. The monoisotopic (exact) mass is 318 g/mol. The fraction of sp³-hybridized carbons (Fsp3) is 0.571. The average molecular weight is 318 g/mol. The predicted octanol–water partition coefficient (Wildman–Crippen LogP) is 2.12. The maximum absolute atomic E-state index is 13.2. The summed E-state index contributed by atoms with van der Waals surface area (Å²) in [5.41, 5.74) is 0. The van der Waals surface area contributed by atoms with Crippen LogP contribution in [-0.2, 0) is 10.0 Å². The summed E-state index contributed by atoms with van der Waals surface area (Å²) >= 11 is 0. The van der Waals surface area contributed by atoms with Crippen LogP contribution in [0.5, 0.6) is 0 Å². The van der Waals surface area contributed by atoms with Crippen molar-refractivity contribution in [3.63, 3.8) is 0 Å². The lowest BCUT2D eigenvalue weighted by Crippen LogP contribution is -2.42. The highest BCUT2D eigenvalue weighted by Crippen LogP contribution is 2.27. The number of nitrogens with one attached hydrogen (secondary N) is 1. The van der Waals surface area contributed by atoms with E-state index in [-0.39, 0.29) is 10.9 Å². The van der Waals surface area contributed by atoms with Crippen LogP contribution in [0, 0.1) is 11.6 Å². The molecule has 1 N–H and O–H groups in total. The van der Waals surface area contributed by atoms with Crippen molar-refractivity contribution in [3.05, 3.63) is 29.8 Å². The molecule has 0 spiro atoms. The van der Waals surface area contributed by atoms with Gasteiger partial charge in [-0.3, -0.25) is 0 Å². The molecule has 118 valence electrons. The molecule has 0 amide bonds. The zero-order chi connectivity index (χ0) is 15.6. The van der Waals surface area contributed by atoms with E-state index < -0.39 is 21.7 Å². The standard InChI is InChI=1S/C14H20F2N2O2S/c1-17-10-3-5-11(6-4-10)18(2)21(19,20)12-7-8-13(15)14(16)9-12/h7-11,17H,3-6H2,1-2H3. The molecule has 0 aromatic heterocycles. The smallest absolute Gasteiger partial charge is 0.243 e. The van der Waals surface area contributed by atoms with Crippen LogP contribution in [0.3, 0.4) is 0 Å². The van der Waals surface area contributed by atoms with Crippen molar-refractivity contribution in [2.45, 2.75) is 42.7 Å². The van der Waals surface area contributed by atoms with E-state index >= 15 is 0 Å². The third kappa shape index (κ3) is 3.41. The van der Waals surface area contributed by atoms with E-state index in [4.69, 9.17) is 0 Å². The Hall–Kier alpha value is -1.05. The lowest BCUT2D eigenvalue weighted by Gasteiger charge is -2.33. The van der Waals surface area contributed by atoms with Gasteiger partial charge in [0.1, 0.15) is 0 Å². The Morgan fingerprint density at radius 1 is 1.14 bits per heavy atom. The molecule has 1 aliphatic rings. The van der Waals surface area contributed by atoms with Gasteiger partial charge in [0, 0.05) is 19.1 Å². The summed E-state index contributed by atoms with van der Waals surface area (Å²) in [6.45, 7) is 0. The van der Waals surface area contributed by atoms with Crippen molar-refractivity contribution in [2.24, 2.45) is 0 Å². The van der Waals surface area contributed by atoms with E-state index in [0.29, 0.717) is 6.04 Å². The van der Waals surface area contributed by atoms with Crippen LogP contribution < -0.4 is 5.32 Å². The van der Waals surface area contributed by atoms with Crippen molar-refractivity contribution < 1.29 is 17.2 Å². The molecule has 1 aromatic rings. The molecule has 0 bridgehead atoms. The summed E-state index contributed by atoms with van der Waals surface area (Å²) in [5, 5.41) is 3.19. The van der Waals surface area contributed by atoms with Crippen LogP contribution in [0.2, 0.25) is 0 Å². The van der Waals surface area contributed by atoms with Crippen LogP contribution in [0.15, 0.2) is 23.1 Å². The summed E-state index contributed by atoms with van der Waals surface area (Å²) < 4.78 is 52.4. The van der Waals surface area contributed by atoms with E-state index in [1.165, 1.54) is 11.4 Å². The highest BCUT2D eigenvalue weighted by atomic mass is 32.2. The number of nitrogens with zero attached hydrogens (tertiary/aromatic N) is 1. The molecule has 0 aliphatic heterocycles. The molecule has 0 heterocycles. The number of hydrogen-bond donors (Lipinski definition) is 1. The van der Waals surface area contributed by atoms with Gasteiger partial charge in [0.25, 0.3) is 0 Å². The first kappa shape index (κ1) is 16.3. The molecule has 7 heteroatoms. The van der Waals surface area contributed by atoms with E-state index in [1.54, 1.807) is 0 Å². The summed E-state index contributed by atoms with van der Waals surface area (Å²) in [5.74, 6) is -2.20. The highest BCUT2D eigenvalue weighted by Gasteiger charge is 2.31. The van der Waals surface area contributed by atoms with E-state index in [9.17, 15) is 17.2 Å². The average Bonchev–Trinajstić information content (AvgIpc) is 2.49. The Balaban J connectivity index is 2.17. The molecular weight excluding hydrogens is 298 g/mol. The van der Waals surface area contributed by atoms with Gasteiger partial charge in [0.05, 0.1) is 4.90 Å². The zero-order valence-corrected chi connectivity index (χ0v) is 13.0. The summed E-state index contributed by atoms with van der Waals surface area (Å²) in [4.78, 5) is -0.209. The summed E-state index contributed by atoms with van der Waals surface area (Å²) in [6, 6.07) is 2.99. The van der Waals surface area contributed by atoms with Crippen molar-refractivity contribution in [1.82, 2.24) is 9.62 Å². The number of halogens is 2. The van der Waals surface area contributed by atoms with Gasteiger partial charge in [-0.2, -0.15) is 4.31 Å². The minimum Gasteiger partial charge on any atom is -0.317 e. The first-order valence-electron chi connectivity index (χ1n) is 6.96. The second-order valence-corrected chi connectivity index (χ2v) is 7.39. The first-order chi connectivity index (χ1) is 9.86.